The van der Waals surface area contributed by atoms with E-state index in [1.807, 2.05) is 0 Å². The summed E-state index contributed by atoms with van der Waals surface area (Å²) in [7, 11) is 0. The van der Waals surface area contributed by atoms with Crippen LogP contribution in [-0.2, 0) is 6.18 Å². The van der Waals surface area contributed by atoms with Crippen molar-refractivity contribution in [1.29, 1.82) is 0 Å². The first-order chi connectivity index (χ1) is 17.1. The molecule has 0 unspecified atom stereocenters. The lowest BCUT2D eigenvalue weighted by molar-refractivity contribution is -0.141. The molecule has 0 saturated carbocycles. The minimum Gasteiger partial charge on any atom is -0.326 e. The summed E-state index contributed by atoms with van der Waals surface area (Å²) >= 11 is 11.9. The molecule has 12 heteroatoms. The van der Waals surface area contributed by atoms with E-state index >= 15 is 0 Å². The fourth-order valence-corrected chi connectivity index (χ4v) is 3.36. The van der Waals surface area contributed by atoms with Gasteiger partial charge in [-0.3, -0.25) is 10.1 Å². The number of guanidine groups is 1. The first-order valence-corrected chi connectivity index (χ1v) is 11.0. The topological polar surface area (TPSA) is 71.3 Å². The third-order valence-electron chi connectivity index (χ3n) is 4.70. The molecule has 184 valence electrons. The maximum absolute atomic E-state index is 13.5. The van der Waals surface area contributed by atoms with Gasteiger partial charge in [0.05, 0.1) is 5.69 Å². The molecule has 0 aliphatic carbocycles. The van der Waals surface area contributed by atoms with Crippen LogP contribution in [0.5, 0.6) is 0 Å². The van der Waals surface area contributed by atoms with Gasteiger partial charge in [-0.05, 0) is 66.7 Å². The highest BCUT2D eigenvalue weighted by Gasteiger charge is 2.35. The van der Waals surface area contributed by atoms with Crippen LogP contribution in [0.15, 0.2) is 83.9 Å². The van der Waals surface area contributed by atoms with Gasteiger partial charge in [-0.2, -0.15) is 23.3 Å². The fraction of sp³-hybridized carbons (Fsp3) is 0.0417. The number of anilines is 1. The van der Waals surface area contributed by atoms with Gasteiger partial charge < -0.3 is 5.32 Å². The Kier molecular flexibility index (Phi) is 7.27. The van der Waals surface area contributed by atoms with Crippen LogP contribution in [0.2, 0.25) is 10.0 Å². The second-order valence-corrected chi connectivity index (χ2v) is 8.20. The Morgan fingerprint density at radius 2 is 1.61 bits per heavy atom. The van der Waals surface area contributed by atoms with Crippen LogP contribution in [-0.4, -0.2) is 21.6 Å². The maximum atomic E-state index is 13.5. The molecule has 36 heavy (non-hydrogen) atoms. The zero-order valence-corrected chi connectivity index (χ0v) is 19.5. The molecule has 0 spiro atoms. The Hall–Kier alpha value is -3.89. The Balaban J connectivity index is 1.79. The first kappa shape index (κ1) is 25.2. The van der Waals surface area contributed by atoms with E-state index in [1.54, 1.807) is 18.2 Å². The quantitative estimate of drug-likeness (QED) is 0.170. The third kappa shape index (κ3) is 6.21. The molecule has 0 fully saturated rings. The average Bonchev–Trinajstić information content (AvgIpc) is 3.24. The van der Waals surface area contributed by atoms with Crippen LogP contribution in [0, 0.1) is 5.82 Å². The molecule has 4 rings (SSSR count). The van der Waals surface area contributed by atoms with Gasteiger partial charge in [-0.25, -0.2) is 9.07 Å². The monoisotopic (exact) mass is 535 g/mol. The van der Waals surface area contributed by atoms with Crippen LogP contribution in [0.3, 0.4) is 0 Å². The lowest BCUT2D eigenvalue weighted by atomic mass is 10.2. The SMILES string of the molecule is O=C(NC(=Nc1cc(C(F)(F)F)nn1-c1ccc(F)cc1)Nc1cccc(Cl)c1)c1ccc(Cl)cc1. The molecule has 1 aromatic heterocycles. The second kappa shape index (κ2) is 10.4. The fourth-order valence-electron chi connectivity index (χ4n) is 3.05. The molecule has 2 N–H and O–H groups in total. The van der Waals surface area contributed by atoms with Crippen molar-refractivity contribution >= 4 is 46.6 Å². The number of hydrogen-bond donors (Lipinski definition) is 2. The summed E-state index contributed by atoms with van der Waals surface area (Å²) in [5.41, 5.74) is -0.474. The van der Waals surface area contributed by atoms with Crippen molar-refractivity contribution in [1.82, 2.24) is 15.1 Å². The predicted molar refractivity (Wildman–Crippen MR) is 130 cm³/mol. The van der Waals surface area contributed by atoms with Gasteiger partial charge in [0.15, 0.2) is 11.5 Å². The van der Waals surface area contributed by atoms with Crippen LogP contribution in [0.4, 0.5) is 29.1 Å². The van der Waals surface area contributed by atoms with E-state index in [2.05, 4.69) is 20.7 Å². The Morgan fingerprint density at radius 1 is 0.917 bits per heavy atom. The van der Waals surface area contributed by atoms with Crippen molar-refractivity contribution in [3.05, 3.63) is 106 Å². The zero-order chi connectivity index (χ0) is 25.9. The van der Waals surface area contributed by atoms with E-state index in [1.165, 1.54) is 42.5 Å². The summed E-state index contributed by atoms with van der Waals surface area (Å²) in [5, 5.41) is 9.76. The van der Waals surface area contributed by atoms with Crippen molar-refractivity contribution in [2.24, 2.45) is 4.99 Å². The van der Waals surface area contributed by atoms with Crippen LogP contribution < -0.4 is 10.6 Å². The minimum atomic E-state index is -4.78. The largest absolute Gasteiger partial charge is 0.435 e. The zero-order valence-electron chi connectivity index (χ0n) is 18.0. The predicted octanol–water partition coefficient (Wildman–Crippen LogP) is 6.87. The molecule has 0 aliphatic rings. The lowest BCUT2D eigenvalue weighted by Gasteiger charge is -2.13. The van der Waals surface area contributed by atoms with Crippen LogP contribution in [0.25, 0.3) is 5.69 Å². The van der Waals surface area contributed by atoms with Crippen molar-refractivity contribution in [2.45, 2.75) is 6.18 Å². The van der Waals surface area contributed by atoms with E-state index in [9.17, 15) is 22.4 Å². The molecular formula is C24H15Cl2F4N5O. The summed E-state index contributed by atoms with van der Waals surface area (Å²) < 4.78 is 54.7. The number of amides is 1. The molecule has 3 aromatic carbocycles. The summed E-state index contributed by atoms with van der Waals surface area (Å²) in [6.45, 7) is 0. The number of hydrogen-bond acceptors (Lipinski definition) is 3. The Morgan fingerprint density at radius 3 is 2.25 bits per heavy atom. The Bertz CT molecular complexity index is 1420. The smallest absolute Gasteiger partial charge is 0.326 e. The number of rotatable bonds is 4. The lowest BCUT2D eigenvalue weighted by Crippen LogP contribution is -2.35. The van der Waals surface area contributed by atoms with E-state index < -0.39 is 23.6 Å². The molecule has 0 atom stereocenters. The van der Waals surface area contributed by atoms with E-state index in [0.29, 0.717) is 21.8 Å². The molecule has 1 amide bonds. The number of halogens is 6. The van der Waals surface area contributed by atoms with Gasteiger partial charge in [0.25, 0.3) is 5.91 Å². The number of alkyl halides is 3. The summed E-state index contributed by atoms with van der Waals surface area (Å²) in [5.74, 6) is -1.68. The van der Waals surface area contributed by atoms with Gasteiger partial charge in [-0.1, -0.05) is 29.3 Å². The molecule has 4 aromatic rings. The maximum Gasteiger partial charge on any atom is 0.435 e. The standard InChI is InChI=1S/C24H15Cl2F4N5O/c25-15-6-4-14(5-7-15)22(36)33-23(31-18-3-1-2-16(26)12-18)32-21-13-20(24(28,29)30)34-35(21)19-10-8-17(27)9-11-19/h1-13H,(H2,31,32,33,36). The van der Waals surface area contributed by atoms with Gasteiger partial charge in [0.1, 0.15) is 5.82 Å². The number of benzene rings is 3. The molecule has 0 aliphatic heterocycles. The molecule has 6 nitrogen and oxygen atoms in total. The molecule has 1 heterocycles. The highest BCUT2D eigenvalue weighted by atomic mass is 35.5. The Labute approximate surface area is 212 Å². The molecular weight excluding hydrogens is 521 g/mol. The van der Waals surface area contributed by atoms with E-state index in [0.717, 1.165) is 16.8 Å². The number of nitrogens with zero attached hydrogens (tertiary/aromatic N) is 3. The number of carbonyl (C=O) groups excluding carboxylic acids is 1. The van der Waals surface area contributed by atoms with Crippen molar-refractivity contribution < 1.29 is 22.4 Å². The van der Waals surface area contributed by atoms with Gasteiger partial charge in [-0.15, -0.1) is 0 Å². The first-order valence-electron chi connectivity index (χ1n) is 10.2. The highest BCUT2D eigenvalue weighted by molar-refractivity contribution is 6.31. The highest BCUT2D eigenvalue weighted by Crippen LogP contribution is 2.32. The van der Waals surface area contributed by atoms with Crippen LogP contribution >= 0.6 is 23.2 Å². The summed E-state index contributed by atoms with van der Waals surface area (Å²) in [6, 6.07) is 17.7. The van der Waals surface area contributed by atoms with Crippen molar-refractivity contribution in [3.63, 3.8) is 0 Å². The third-order valence-corrected chi connectivity index (χ3v) is 5.19. The molecule has 0 radical (unpaired) electrons. The average molecular weight is 536 g/mol. The van der Waals surface area contributed by atoms with Gasteiger partial charge in [0.2, 0.25) is 5.96 Å². The summed E-state index contributed by atoms with van der Waals surface area (Å²) in [4.78, 5) is 17.0. The van der Waals surface area contributed by atoms with Gasteiger partial charge >= 0.3 is 6.18 Å². The van der Waals surface area contributed by atoms with E-state index in [4.69, 9.17) is 23.2 Å². The van der Waals surface area contributed by atoms with E-state index in [-0.39, 0.29) is 23.0 Å². The normalized spacial score (nSPS) is 11.9. The van der Waals surface area contributed by atoms with Crippen molar-refractivity contribution in [3.8, 4) is 5.69 Å². The number of nitrogens with one attached hydrogen (secondary N) is 2. The minimum absolute atomic E-state index is 0.122. The second-order valence-electron chi connectivity index (χ2n) is 7.33. The number of carbonyl (C=O) groups is 1. The summed E-state index contributed by atoms with van der Waals surface area (Å²) in [6.07, 6.45) is -4.78. The molecule has 0 saturated heterocycles. The van der Waals surface area contributed by atoms with Crippen molar-refractivity contribution in [2.75, 3.05) is 5.32 Å². The molecule has 0 bridgehead atoms. The van der Waals surface area contributed by atoms with Gasteiger partial charge in [0, 0.05) is 27.4 Å². The van der Waals surface area contributed by atoms with Crippen LogP contribution in [0.1, 0.15) is 16.1 Å². The number of aliphatic imine (C=N–C) groups is 1. The number of aromatic nitrogens is 2.